The van der Waals surface area contributed by atoms with Crippen molar-refractivity contribution in [3.8, 4) is 0 Å². The molecule has 3 atom stereocenters. The predicted octanol–water partition coefficient (Wildman–Crippen LogP) is 3.50. The van der Waals surface area contributed by atoms with E-state index in [2.05, 4.69) is 46.4 Å². The number of rotatable bonds is 3. The number of aromatic nitrogens is 1. The average molecular weight is 408 g/mol. The topological polar surface area (TPSA) is 45.2 Å². The van der Waals surface area contributed by atoms with Crippen LogP contribution < -0.4 is 5.32 Å². The van der Waals surface area contributed by atoms with E-state index in [4.69, 9.17) is 0 Å². The first-order valence-corrected chi connectivity index (χ1v) is 9.10. The zero-order valence-electron chi connectivity index (χ0n) is 15.7. The molecule has 1 aromatic heterocycles. The molecule has 27 heavy (non-hydrogen) atoms. The highest BCUT2D eigenvalue weighted by Gasteiger charge is 2.46. The van der Waals surface area contributed by atoms with Crippen LogP contribution in [0.15, 0.2) is 42.6 Å². The highest BCUT2D eigenvalue weighted by molar-refractivity contribution is 5.85. The van der Waals surface area contributed by atoms with E-state index >= 15 is 0 Å². The summed E-state index contributed by atoms with van der Waals surface area (Å²) in [7, 11) is 0. The zero-order valence-corrected chi connectivity index (χ0v) is 17.4. The van der Waals surface area contributed by atoms with E-state index in [1.165, 1.54) is 11.1 Å². The molecule has 0 radical (unpaired) electrons. The summed E-state index contributed by atoms with van der Waals surface area (Å²) in [4.78, 5) is 19.6. The second kappa shape index (κ2) is 9.05. The van der Waals surface area contributed by atoms with Gasteiger partial charge in [-0.05, 0) is 48.6 Å². The van der Waals surface area contributed by atoms with Gasteiger partial charge in [0.25, 0.3) is 0 Å². The second-order valence-corrected chi connectivity index (χ2v) is 7.43. The minimum absolute atomic E-state index is 0. The predicted molar refractivity (Wildman–Crippen MR) is 113 cm³/mol. The van der Waals surface area contributed by atoms with Gasteiger partial charge in [-0.2, -0.15) is 0 Å². The Kier molecular flexibility index (Phi) is 7.26. The summed E-state index contributed by atoms with van der Waals surface area (Å²) in [5.74, 6) is 1.26. The SMILES string of the molecule is Cc1ccnc(CC(=O)N2C[C@@H]3CNC[C@@H]3[C@H]2c2ccccc2C)c1.Cl.Cl. The van der Waals surface area contributed by atoms with Crippen LogP contribution in [0.2, 0.25) is 0 Å². The summed E-state index contributed by atoms with van der Waals surface area (Å²) < 4.78 is 0. The summed E-state index contributed by atoms with van der Waals surface area (Å²) in [6.07, 6.45) is 2.18. The number of fused-ring (bicyclic) bond motifs is 1. The fourth-order valence-corrected chi connectivity index (χ4v) is 4.45. The van der Waals surface area contributed by atoms with E-state index in [-0.39, 0.29) is 36.8 Å². The largest absolute Gasteiger partial charge is 0.335 e. The Labute approximate surface area is 173 Å². The molecule has 0 bridgehead atoms. The lowest BCUT2D eigenvalue weighted by Crippen LogP contribution is -2.36. The Morgan fingerprint density at radius 1 is 1.19 bits per heavy atom. The molecule has 1 amide bonds. The van der Waals surface area contributed by atoms with Gasteiger partial charge in [0.2, 0.25) is 5.91 Å². The number of carbonyl (C=O) groups excluding carboxylic acids is 1. The molecule has 1 N–H and O–H groups in total. The number of nitrogens with zero attached hydrogens (tertiary/aromatic N) is 2. The van der Waals surface area contributed by atoms with Crippen LogP contribution in [0.1, 0.15) is 28.4 Å². The van der Waals surface area contributed by atoms with Crippen LogP contribution in [0.4, 0.5) is 0 Å². The molecule has 4 nitrogen and oxygen atoms in total. The number of nitrogens with one attached hydrogen (secondary N) is 1. The molecule has 4 rings (SSSR count). The first-order chi connectivity index (χ1) is 12.1. The normalized spacial score (nSPS) is 23.3. The maximum absolute atomic E-state index is 13.1. The Balaban J connectivity index is 0.00000131. The molecule has 146 valence electrons. The molecule has 6 heteroatoms. The van der Waals surface area contributed by atoms with Gasteiger partial charge >= 0.3 is 0 Å². The van der Waals surface area contributed by atoms with Gasteiger partial charge in [0, 0.05) is 37.4 Å². The van der Waals surface area contributed by atoms with Crippen molar-refractivity contribution in [1.29, 1.82) is 0 Å². The van der Waals surface area contributed by atoms with Crippen LogP contribution in [0, 0.1) is 25.7 Å². The molecule has 0 spiro atoms. The summed E-state index contributed by atoms with van der Waals surface area (Å²) >= 11 is 0. The van der Waals surface area contributed by atoms with Crippen molar-refractivity contribution in [2.75, 3.05) is 19.6 Å². The molecule has 1 aromatic carbocycles. The number of halogens is 2. The van der Waals surface area contributed by atoms with Crippen molar-refractivity contribution in [3.63, 3.8) is 0 Å². The van der Waals surface area contributed by atoms with Gasteiger partial charge in [-0.1, -0.05) is 24.3 Å². The number of hydrogen-bond donors (Lipinski definition) is 1. The minimum Gasteiger partial charge on any atom is -0.335 e. The summed E-state index contributed by atoms with van der Waals surface area (Å²) in [6, 6.07) is 12.7. The van der Waals surface area contributed by atoms with Crippen molar-refractivity contribution in [1.82, 2.24) is 15.2 Å². The molecule has 2 aliphatic heterocycles. The zero-order chi connectivity index (χ0) is 17.4. The van der Waals surface area contributed by atoms with Crippen LogP contribution in [0.3, 0.4) is 0 Å². The fraction of sp³-hybridized carbons (Fsp3) is 0.429. The van der Waals surface area contributed by atoms with Gasteiger partial charge < -0.3 is 10.2 Å². The summed E-state index contributed by atoms with van der Waals surface area (Å²) in [6.45, 7) is 7.05. The van der Waals surface area contributed by atoms with E-state index in [1.54, 1.807) is 6.20 Å². The van der Waals surface area contributed by atoms with Crippen molar-refractivity contribution in [3.05, 3.63) is 65.0 Å². The first kappa shape index (κ1) is 21.7. The lowest BCUT2D eigenvalue weighted by atomic mass is 9.87. The van der Waals surface area contributed by atoms with Gasteiger partial charge in [0.05, 0.1) is 12.5 Å². The number of pyridine rings is 1. The maximum atomic E-state index is 13.1. The number of hydrogen-bond acceptors (Lipinski definition) is 3. The molecule has 0 saturated carbocycles. The van der Waals surface area contributed by atoms with Crippen LogP contribution >= 0.6 is 24.8 Å². The van der Waals surface area contributed by atoms with Crippen molar-refractivity contribution in [2.24, 2.45) is 11.8 Å². The smallest absolute Gasteiger partial charge is 0.229 e. The van der Waals surface area contributed by atoms with E-state index in [0.29, 0.717) is 18.3 Å². The minimum atomic E-state index is 0. The lowest BCUT2D eigenvalue weighted by Gasteiger charge is -2.29. The quantitative estimate of drug-likeness (QED) is 0.846. The average Bonchev–Trinajstić information content (AvgIpc) is 3.16. The molecule has 2 saturated heterocycles. The monoisotopic (exact) mass is 407 g/mol. The molecule has 0 unspecified atom stereocenters. The number of likely N-dealkylation sites (tertiary alicyclic amines) is 1. The molecule has 2 fully saturated rings. The molecule has 0 aliphatic carbocycles. The number of carbonyl (C=O) groups is 1. The molecule has 2 aliphatic rings. The fourth-order valence-electron chi connectivity index (χ4n) is 4.45. The van der Waals surface area contributed by atoms with E-state index in [0.717, 1.165) is 30.9 Å². The lowest BCUT2D eigenvalue weighted by molar-refractivity contribution is -0.132. The van der Waals surface area contributed by atoms with Crippen molar-refractivity contribution < 1.29 is 4.79 Å². The van der Waals surface area contributed by atoms with Gasteiger partial charge in [-0.25, -0.2) is 0 Å². The maximum Gasteiger partial charge on any atom is 0.229 e. The summed E-state index contributed by atoms with van der Waals surface area (Å²) in [5.41, 5.74) is 4.58. The Hall–Kier alpha value is -1.62. The number of benzene rings is 1. The van der Waals surface area contributed by atoms with Crippen molar-refractivity contribution in [2.45, 2.75) is 26.3 Å². The van der Waals surface area contributed by atoms with E-state index < -0.39 is 0 Å². The highest BCUT2D eigenvalue weighted by Crippen LogP contribution is 2.43. The number of amides is 1. The molecular formula is C21H27Cl2N3O. The Morgan fingerprint density at radius 2 is 1.96 bits per heavy atom. The van der Waals surface area contributed by atoms with Crippen LogP contribution in [-0.4, -0.2) is 35.4 Å². The van der Waals surface area contributed by atoms with Crippen LogP contribution in [0.5, 0.6) is 0 Å². The molecular weight excluding hydrogens is 381 g/mol. The molecule has 3 heterocycles. The third kappa shape index (κ3) is 4.29. The third-order valence-corrected chi connectivity index (χ3v) is 5.70. The van der Waals surface area contributed by atoms with E-state index in [1.807, 2.05) is 19.1 Å². The van der Waals surface area contributed by atoms with Gasteiger partial charge in [0.1, 0.15) is 0 Å². The van der Waals surface area contributed by atoms with Crippen LogP contribution in [-0.2, 0) is 11.2 Å². The number of aryl methyl sites for hydroxylation is 2. The first-order valence-electron chi connectivity index (χ1n) is 9.10. The van der Waals surface area contributed by atoms with Gasteiger partial charge in [-0.15, -0.1) is 24.8 Å². The van der Waals surface area contributed by atoms with Crippen LogP contribution in [0.25, 0.3) is 0 Å². The van der Waals surface area contributed by atoms with Gasteiger partial charge in [-0.3, -0.25) is 9.78 Å². The molecule has 2 aromatic rings. The Bertz CT molecular complexity index is 799. The third-order valence-electron chi connectivity index (χ3n) is 5.70. The van der Waals surface area contributed by atoms with Gasteiger partial charge in [0.15, 0.2) is 0 Å². The standard InChI is InChI=1S/C21H25N3O.2ClH/c1-14-7-8-23-17(9-14)10-20(25)24-13-16-11-22-12-19(16)21(24)18-6-4-3-5-15(18)2;;/h3-9,16,19,21-22H,10-13H2,1-2H3;2*1H/t16-,19-,21+;;/m0../s1. The van der Waals surface area contributed by atoms with Crippen molar-refractivity contribution >= 4 is 30.7 Å². The van der Waals surface area contributed by atoms with E-state index in [9.17, 15) is 4.79 Å². The summed E-state index contributed by atoms with van der Waals surface area (Å²) in [5, 5.41) is 3.51. The Morgan fingerprint density at radius 3 is 2.70 bits per heavy atom. The second-order valence-electron chi connectivity index (χ2n) is 7.43. The highest BCUT2D eigenvalue weighted by atomic mass is 35.5.